The minimum absolute atomic E-state index is 0. The van der Waals surface area contributed by atoms with Crippen molar-refractivity contribution in [2.45, 2.75) is 0 Å². The van der Waals surface area contributed by atoms with E-state index in [1.54, 1.807) is 0 Å². The molecule has 0 unspecified atom stereocenters. The molecule has 7 heavy (non-hydrogen) atoms. The van der Waals surface area contributed by atoms with Gasteiger partial charge in [-0.3, -0.25) is 0 Å². The molecule has 0 aromatic carbocycles. The average Bonchev–Trinajstić information content (AvgIpc) is 0.811. The molecule has 7 heteroatoms. The SMILES string of the molecule is O=[N+]([O-])O.[B].[H-].[K+].[Zr]. The molecule has 0 spiro atoms. The second kappa shape index (κ2) is 15.7. The molecule has 33 valence electrons. The van der Waals surface area contributed by atoms with Crippen molar-refractivity contribution in [3.8, 4) is 0 Å². The molecule has 0 atom stereocenters. The van der Waals surface area contributed by atoms with E-state index < -0.39 is 5.09 Å². The molecule has 0 aliphatic carbocycles. The quantitative estimate of drug-likeness (QED) is 0.252. The Morgan fingerprint density at radius 1 is 1.71 bits per heavy atom. The van der Waals surface area contributed by atoms with E-state index in [1.165, 1.54) is 0 Å². The van der Waals surface area contributed by atoms with Gasteiger partial charge in [0.25, 0.3) is 5.09 Å². The number of rotatable bonds is 0. The Bertz CT molecular complexity index is 42.3. The van der Waals surface area contributed by atoms with Crippen LogP contribution in [-0.2, 0) is 26.2 Å². The fourth-order valence-electron chi connectivity index (χ4n) is 0. The van der Waals surface area contributed by atoms with Crippen LogP contribution < -0.4 is 51.4 Å². The zero-order chi connectivity index (χ0) is 3.58. The van der Waals surface area contributed by atoms with Gasteiger partial charge in [-0.2, -0.15) is 0 Å². The molecule has 1 N–H and O–H groups in total. The zero-order valence-corrected chi connectivity index (χ0v) is 9.37. The molecule has 0 fully saturated rings. The van der Waals surface area contributed by atoms with Crippen molar-refractivity contribution in [1.82, 2.24) is 0 Å². The van der Waals surface area contributed by atoms with E-state index in [0.717, 1.165) is 0 Å². The summed E-state index contributed by atoms with van der Waals surface area (Å²) in [6.07, 6.45) is 0. The molecule has 0 rings (SSSR count). The van der Waals surface area contributed by atoms with Crippen LogP contribution >= 0.6 is 0 Å². The van der Waals surface area contributed by atoms with E-state index in [4.69, 9.17) is 15.3 Å². The third-order valence-corrected chi connectivity index (χ3v) is 0. The van der Waals surface area contributed by atoms with Crippen molar-refractivity contribution in [2.75, 3.05) is 0 Å². The summed E-state index contributed by atoms with van der Waals surface area (Å²) in [5, 5.41) is 13.6. The van der Waals surface area contributed by atoms with Crippen molar-refractivity contribution in [3.05, 3.63) is 10.1 Å². The van der Waals surface area contributed by atoms with Gasteiger partial charge in [-0.25, -0.2) is 0 Å². The van der Waals surface area contributed by atoms with Gasteiger partial charge in [0.1, 0.15) is 0 Å². The minimum Gasteiger partial charge on any atom is -1.00 e. The monoisotopic (exact) mass is 204 g/mol. The maximum absolute atomic E-state index is 8.36. The first-order valence-corrected chi connectivity index (χ1v) is 0.565. The third-order valence-electron chi connectivity index (χ3n) is 0. The van der Waals surface area contributed by atoms with Gasteiger partial charge in [-0.1, -0.05) is 0 Å². The Hall–Kier alpha value is 1.78. The summed E-state index contributed by atoms with van der Waals surface area (Å²) in [5.74, 6) is 0. The Balaban J connectivity index is -0.00000000750. The fraction of sp³-hybridized carbons (Fsp3) is 0. The predicted octanol–water partition coefficient (Wildman–Crippen LogP) is -3.61. The molecule has 3 radical (unpaired) electrons. The van der Waals surface area contributed by atoms with Gasteiger partial charge in [0.05, 0.1) is 0 Å². The molecule has 0 aliphatic heterocycles. The van der Waals surface area contributed by atoms with Crippen molar-refractivity contribution in [1.29, 1.82) is 0 Å². The summed E-state index contributed by atoms with van der Waals surface area (Å²) in [6.45, 7) is 0. The summed E-state index contributed by atoms with van der Waals surface area (Å²) in [4.78, 5) is 8.36. The van der Waals surface area contributed by atoms with Gasteiger partial charge in [0, 0.05) is 34.6 Å². The van der Waals surface area contributed by atoms with Crippen LogP contribution in [0.3, 0.4) is 0 Å². The van der Waals surface area contributed by atoms with Crippen LogP contribution in [0.1, 0.15) is 1.43 Å². The molecular formula is H2BKNO3Zr. The van der Waals surface area contributed by atoms with Crippen LogP contribution in [0.15, 0.2) is 0 Å². The second-order valence-corrected chi connectivity index (χ2v) is 0.238. The normalized spacial score (nSPS) is 3.43. The largest absolute Gasteiger partial charge is 1.00 e. The van der Waals surface area contributed by atoms with Crippen molar-refractivity contribution in [2.24, 2.45) is 0 Å². The summed E-state index contributed by atoms with van der Waals surface area (Å²) >= 11 is 0. The van der Waals surface area contributed by atoms with Gasteiger partial charge in [0.15, 0.2) is 0 Å². The zero-order valence-electron chi connectivity index (χ0n) is 4.79. The average molecular weight is 205 g/mol. The summed E-state index contributed by atoms with van der Waals surface area (Å²) in [6, 6.07) is 0. The van der Waals surface area contributed by atoms with Gasteiger partial charge >= 0.3 is 51.4 Å². The van der Waals surface area contributed by atoms with Gasteiger partial charge in [0.2, 0.25) is 0 Å². The first-order valence-electron chi connectivity index (χ1n) is 0.565. The van der Waals surface area contributed by atoms with Crippen LogP contribution in [0.2, 0.25) is 0 Å². The molecule has 0 aromatic rings. The van der Waals surface area contributed by atoms with E-state index in [0.29, 0.717) is 0 Å². The molecule has 0 saturated heterocycles. The molecular weight excluding hydrogens is 203 g/mol. The van der Waals surface area contributed by atoms with Crippen LogP contribution in [-0.4, -0.2) is 18.7 Å². The molecule has 0 heterocycles. The Labute approximate surface area is 106 Å². The second-order valence-electron chi connectivity index (χ2n) is 0.238. The van der Waals surface area contributed by atoms with E-state index in [-0.39, 0.29) is 87.4 Å². The molecule has 0 amide bonds. The number of hydrogen-bond donors (Lipinski definition) is 1. The Morgan fingerprint density at radius 3 is 1.71 bits per heavy atom. The standard InChI is InChI=1S/B.K.HNO3.Zr.H/c;;2-1(3)4;;/h;;(H,2,3,4);;/q;+1;;;-1. The number of hydrogen-bond acceptors (Lipinski definition) is 2. The van der Waals surface area contributed by atoms with Gasteiger partial charge in [-0.15, -0.1) is 10.1 Å². The summed E-state index contributed by atoms with van der Waals surface area (Å²) in [5.41, 5.74) is 0. The molecule has 0 bridgehead atoms. The van der Waals surface area contributed by atoms with Crippen LogP contribution in [0.4, 0.5) is 0 Å². The Kier molecular flexibility index (Phi) is 52.0. The molecule has 0 aromatic heterocycles. The topological polar surface area (TPSA) is 63.4 Å². The van der Waals surface area contributed by atoms with Crippen molar-refractivity contribution < 1.29 is 89.3 Å². The van der Waals surface area contributed by atoms with Crippen molar-refractivity contribution in [3.63, 3.8) is 0 Å². The minimum atomic E-state index is -1.50. The van der Waals surface area contributed by atoms with E-state index in [9.17, 15) is 0 Å². The van der Waals surface area contributed by atoms with Crippen LogP contribution in [0, 0.1) is 10.1 Å². The van der Waals surface area contributed by atoms with Crippen LogP contribution in [0.25, 0.3) is 0 Å². The summed E-state index contributed by atoms with van der Waals surface area (Å²) in [7, 11) is 0. The number of nitrogens with zero attached hydrogens (tertiary/aromatic N) is 1. The predicted molar refractivity (Wildman–Crippen MR) is 15.6 cm³/mol. The summed E-state index contributed by atoms with van der Waals surface area (Å²) < 4.78 is 0. The molecule has 0 saturated carbocycles. The molecule has 0 aliphatic rings. The smallest absolute Gasteiger partial charge is 1.00 e. The maximum atomic E-state index is 8.36. The fourth-order valence-corrected chi connectivity index (χ4v) is 0. The molecule has 4 nitrogen and oxygen atoms in total. The maximum Gasteiger partial charge on any atom is 1.00 e. The van der Waals surface area contributed by atoms with E-state index in [1.807, 2.05) is 0 Å². The Morgan fingerprint density at radius 2 is 1.71 bits per heavy atom. The van der Waals surface area contributed by atoms with Crippen molar-refractivity contribution >= 4 is 8.41 Å². The third kappa shape index (κ3) is 81.8. The first-order chi connectivity index (χ1) is 1.73. The van der Waals surface area contributed by atoms with Crippen LogP contribution in [0.5, 0.6) is 0 Å². The first kappa shape index (κ1) is 23.3. The van der Waals surface area contributed by atoms with Gasteiger partial charge in [-0.05, 0) is 0 Å². The van der Waals surface area contributed by atoms with Gasteiger partial charge < -0.3 is 6.63 Å². The van der Waals surface area contributed by atoms with E-state index >= 15 is 0 Å². The van der Waals surface area contributed by atoms with E-state index in [2.05, 4.69) is 0 Å².